The molecule has 0 aliphatic heterocycles. The number of imidazole rings is 1. The number of rotatable bonds is 3. The van der Waals surface area contributed by atoms with E-state index in [2.05, 4.69) is 20.3 Å². The van der Waals surface area contributed by atoms with Gasteiger partial charge in [-0.15, -0.1) is 11.3 Å². The minimum Gasteiger partial charge on any atom is -0.338 e. The van der Waals surface area contributed by atoms with E-state index in [9.17, 15) is 9.18 Å². The van der Waals surface area contributed by atoms with Crippen molar-refractivity contribution in [3.63, 3.8) is 0 Å². The van der Waals surface area contributed by atoms with E-state index >= 15 is 0 Å². The van der Waals surface area contributed by atoms with Crippen LogP contribution in [0.2, 0.25) is 5.02 Å². The van der Waals surface area contributed by atoms with Gasteiger partial charge in [0.2, 0.25) is 0 Å². The topological polar surface area (TPSA) is 70.7 Å². The second-order valence-electron chi connectivity index (χ2n) is 5.18. The van der Waals surface area contributed by atoms with Crippen LogP contribution in [0, 0.1) is 5.82 Å². The summed E-state index contributed by atoms with van der Waals surface area (Å²) in [5.74, 6) is -0.577. The van der Waals surface area contributed by atoms with E-state index in [1.807, 2.05) is 0 Å². The molecule has 5 nitrogen and oxygen atoms in total. The Morgan fingerprint density at radius 1 is 1.24 bits per heavy atom. The van der Waals surface area contributed by atoms with Gasteiger partial charge in [-0.05, 0) is 24.3 Å². The van der Waals surface area contributed by atoms with E-state index in [0.29, 0.717) is 27.6 Å². The van der Waals surface area contributed by atoms with Gasteiger partial charge in [0.1, 0.15) is 11.3 Å². The third kappa shape index (κ3) is 2.88. The minimum absolute atomic E-state index is 0.0136. The molecule has 0 atom stereocenters. The number of hydrogen-bond donors (Lipinski definition) is 2. The Morgan fingerprint density at radius 2 is 2.08 bits per heavy atom. The predicted molar refractivity (Wildman–Crippen MR) is 96.6 cm³/mol. The van der Waals surface area contributed by atoms with Gasteiger partial charge in [-0.2, -0.15) is 0 Å². The SMILES string of the molecule is O=C(Nc1nccs1)c1cccc2[nH]c(-c3cccc(Cl)c3F)nc12. The number of fused-ring (bicyclic) bond motifs is 1. The molecular weight excluding hydrogens is 363 g/mol. The van der Waals surface area contributed by atoms with E-state index < -0.39 is 5.82 Å². The Labute approximate surface area is 150 Å². The first-order valence-electron chi connectivity index (χ1n) is 7.27. The highest BCUT2D eigenvalue weighted by molar-refractivity contribution is 7.13. The molecule has 2 aromatic heterocycles. The van der Waals surface area contributed by atoms with Crippen LogP contribution in [0.25, 0.3) is 22.4 Å². The minimum atomic E-state index is -0.558. The molecular formula is C17H10ClFN4OS. The molecule has 8 heteroatoms. The van der Waals surface area contributed by atoms with Crippen molar-refractivity contribution in [1.29, 1.82) is 0 Å². The van der Waals surface area contributed by atoms with Crippen molar-refractivity contribution in [3.05, 3.63) is 64.4 Å². The van der Waals surface area contributed by atoms with Crippen LogP contribution in [-0.4, -0.2) is 20.9 Å². The largest absolute Gasteiger partial charge is 0.338 e. The molecule has 0 saturated heterocycles. The fourth-order valence-electron chi connectivity index (χ4n) is 2.48. The second kappa shape index (κ2) is 6.27. The van der Waals surface area contributed by atoms with Crippen LogP contribution in [0.4, 0.5) is 9.52 Å². The maximum atomic E-state index is 14.2. The van der Waals surface area contributed by atoms with Gasteiger partial charge < -0.3 is 4.98 Å². The first kappa shape index (κ1) is 15.7. The van der Waals surface area contributed by atoms with Crippen LogP contribution >= 0.6 is 22.9 Å². The van der Waals surface area contributed by atoms with Gasteiger partial charge in [-0.3, -0.25) is 10.1 Å². The zero-order chi connectivity index (χ0) is 17.4. The van der Waals surface area contributed by atoms with Gasteiger partial charge in [-0.25, -0.2) is 14.4 Å². The monoisotopic (exact) mass is 372 g/mol. The average molecular weight is 373 g/mol. The van der Waals surface area contributed by atoms with E-state index in [1.165, 1.54) is 17.4 Å². The van der Waals surface area contributed by atoms with Crippen molar-refractivity contribution in [2.45, 2.75) is 0 Å². The maximum Gasteiger partial charge on any atom is 0.259 e. The summed E-state index contributed by atoms with van der Waals surface area (Å²) in [4.78, 5) is 24.0. The van der Waals surface area contributed by atoms with Gasteiger partial charge in [0.15, 0.2) is 10.9 Å². The average Bonchev–Trinajstić information content (AvgIpc) is 3.26. The van der Waals surface area contributed by atoms with Gasteiger partial charge in [-0.1, -0.05) is 23.7 Å². The van der Waals surface area contributed by atoms with Crippen LogP contribution in [0.3, 0.4) is 0 Å². The number of anilines is 1. The number of benzene rings is 2. The number of aromatic nitrogens is 3. The zero-order valence-electron chi connectivity index (χ0n) is 12.6. The van der Waals surface area contributed by atoms with Crippen molar-refractivity contribution in [3.8, 4) is 11.4 Å². The molecule has 124 valence electrons. The number of amides is 1. The summed E-state index contributed by atoms with van der Waals surface area (Å²) < 4.78 is 14.2. The van der Waals surface area contributed by atoms with Crippen molar-refractivity contribution < 1.29 is 9.18 Å². The number of carbonyl (C=O) groups excluding carboxylic acids is 1. The van der Waals surface area contributed by atoms with E-state index in [4.69, 9.17) is 11.6 Å². The maximum absolute atomic E-state index is 14.2. The number of nitrogens with zero attached hydrogens (tertiary/aromatic N) is 2. The van der Waals surface area contributed by atoms with Crippen LogP contribution in [0.15, 0.2) is 48.0 Å². The van der Waals surface area contributed by atoms with Crippen LogP contribution in [0.1, 0.15) is 10.4 Å². The number of H-pyrrole nitrogens is 1. The van der Waals surface area contributed by atoms with Crippen molar-refractivity contribution in [2.75, 3.05) is 5.32 Å². The first-order chi connectivity index (χ1) is 12.1. The molecule has 0 fully saturated rings. The molecule has 2 N–H and O–H groups in total. The Kier molecular flexibility index (Phi) is 3.95. The van der Waals surface area contributed by atoms with Crippen LogP contribution in [-0.2, 0) is 0 Å². The molecule has 0 spiro atoms. The molecule has 1 amide bonds. The fourth-order valence-corrected chi connectivity index (χ4v) is 3.18. The Balaban J connectivity index is 1.79. The van der Waals surface area contributed by atoms with Crippen molar-refractivity contribution in [2.24, 2.45) is 0 Å². The Hall–Kier alpha value is -2.77. The van der Waals surface area contributed by atoms with Gasteiger partial charge in [0.05, 0.1) is 21.7 Å². The fraction of sp³-hybridized carbons (Fsp3) is 0. The summed E-state index contributed by atoms with van der Waals surface area (Å²) in [6.45, 7) is 0. The molecule has 2 heterocycles. The number of halogens is 2. The predicted octanol–water partition coefficient (Wildman–Crippen LogP) is 4.73. The molecule has 4 aromatic rings. The molecule has 4 rings (SSSR count). The van der Waals surface area contributed by atoms with Gasteiger partial charge in [0.25, 0.3) is 5.91 Å². The number of hydrogen-bond acceptors (Lipinski definition) is 4. The first-order valence-corrected chi connectivity index (χ1v) is 8.53. The lowest BCUT2D eigenvalue weighted by molar-refractivity contribution is 0.102. The molecule has 0 aliphatic carbocycles. The number of aromatic amines is 1. The molecule has 0 unspecified atom stereocenters. The number of nitrogens with one attached hydrogen (secondary N) is 2. The van der Waals surface area contributed by atoms with Gasteiger partial charge in [0, 0.05) is 11.6 Å². The van der Waals surface area contributed by atoms with E-state index in [1.54, 1.807) is 41.9 Å². The lowest BCUT2D eigenvalue weighted by Crippen LogP contribution is -2.12. The number of carbonyl (C=O) groups is 1. The molecule has 0 saturated carbocycles. The summed E-state index contributed by atoms with van der Waals surface area (Å²) in [7, 11) is 0. The van der Waals surface area contributed by atoms with E-state index in [-0.39, 0.29) is 16.5 Å². The highest BCUT2D eigenvalue weighted by atomic mass is 35.5. The van der Waals surface area contributed by atoms with Crippen molar-refractivity contribution >= 4 is 45.0 Å². The highest BCUT2D eigenvalue weighted by Gasteiger charge is 2.17. The van der Waals surface area contributed by atoms with E-state index in [0.717, 1.165) is 0 Å². The quantitative estimate of drug-likeness (QED) is 0.546. The summed E-state index contributed by atoms with van der Waals surface area (Å²) in [5.41, 5.74) is 1.69. The van der Waals surface area contributed by atoms with Crippen LogP contribution < -0.4 is 5.32 Å². The third-order valence-electron chi connectivity index (χ3n) is 3.62. The Morgan fingerprint density at radius 3 is 2.88 bits per heavy atom. The lowest BCUT2D eigenvalue weighted by Gasteiger charge is -2.02. The van der Waals surface area contributed by atoms with Gasteiger partial charge >= 0.3 is 0 Å². The summed E-state index contributed by atoms with van der Waals surface area (Å²) in [6.07, 6.45) is 1.61. The normalized spacial score (nSPS) is 11.0. The second-order valence-corrected chi connectivity index (χ2v) is 6.48. The molecule has 25 heavy (non-hydrogen) atoms. The highest BCUT2D eigenvalue weighted by Crippen LogP contribution is 2.28. The molecule has 0 aliphatic rings. The number of para-hydroxylation sites is 1. The summed E-state index contributed by atoms with van der Waals surface area (Å²) >= 11 is 7.16. The summed E-state index contributed by atoms with van der Waals surface area (Å²) in [6, 6.07) is 9.85. The molecule has 0 bridgehead atoms. The third-order valence-corrected chi connectivity index (χ3v) is 4.60. The van der Waals surface area contributed by atoms with Crippen LogP contribution in [0.5, 0.6) is 0 Å². The molecule has 2 aromatic carbocycles. The Bertz CT molecular complexity index is 1080. The zero-order valence-corrected chi connectivity index (χ0v) is 14.2. The number of thiazole rings is 1. The lowest BCUT2D eigenvalue weighted by atomic mass is 10.2. The van der Waals surface area contributed by atoms with Crippen molar-refractivity contribution in [1.82, 2.24) is 15.0 Å². The smallest absolute Gasteiger partial charge is 0.259 e. The summed E-state index contributed by atoms with van der Waals surface area (Å²) in [5, 5.41) is 5.00. The molecule has 0 radical (unpaired) electrons. The standard InChI is InChI=1S/C17H10ClFN4OS/c18-11-5-1-3-9(13(11)19)15-21-12-6-2-4-10(14(12)22-15)16(24)23-17-20-7-8-25-17/h1-8H,(H,21,22)(H,20,23,24).